The summed E-state index contributed by atoms with van der Waals surface area (Å²) in [5.74, 6) is 0.257. The van der Waals surface area contributed by atoms with Gasteiger partial charge in [-0.3, -0.25) is 4.79 Å². The van der Waals surface area contributed by atoms with Crippen molar-refractivity contribution < 1.29 is 28.3 Å². The lowest BCUT2D eigenvalue weighted by atomic mass is 9.72. The Morgan fingerprint density at radius 3 is 2.81 bits per heavy atom. The standard InChI is InChI=1S/C23H41BO6S/c1-15(2)21-8-7-16(3)14-23(21)27-10-9-19(29-23)11-17-5-4-6-18(28-17)12-20(30-31-24)13-22(25)26/h15-21H,4-14,24H2,1-3H3,(H,25,26)/t16-,17-,18+,19+,20-,21+,23+/m1/s1/i24T. The van der Waals surface area contributed by atoms with Gasteiger partial charge in [-0.05, 0) is 51.7 Å². The van der Waals surface area contributed by atoms with Crippen molar-refractivity contribution in [3.05, 3.63) is 0 Å². The molecule has 0 bridgehead atoms. The molecule has 0 unspecified atom stereocenters. The van der Waals surface area contributed by atoms with Gasteiger partial charge in [0.25, 0.3) is 0 Å². The lowest BCUT2D eigenvalue weighted by Crippen LogP contribution is -2.55. The number of rotatable bonds is 10. The van der Waals surface area contributed by atoms with Gasteiger partial charge in [0.05, 0.1) is 37.4 Å². The molecule has 2 aliphatic heterocycles. The first-order valence-electron chi connectivity index (χ1n) is 12.8. The molecular weight excluding hydrogens is 415 g/mol. The van der Waals surface area contributed by atoms with Crippen LogP contribution in [0.5, 0.6) is 0 Å². The predicted octanol–water partition coefficient (Wildman–Crippen LogP) is 4.35. The number of ether oxygens (including phenoxy) is 3. The van der Waals surface area contributed by atoms with Crippen LogP contribution in [0.3, 0.4) is 0 Å². The largest absolute Gasteiger partial charge is 0.481 e. The molecule has 1 aliphatic carbocycles. The van der Waals surface area contributed by atoms with E-state index in [9.17, 15) is 9.90 Å². The lowest BCUT2D eigenvalue weighted by Gasteiger charge is -2.51. The Hall–Kier alpha value is -0.275. The SMILES string of the molecule is [3H]BSO[C@@H](CC(=O)O)C[C@@H]1CCC[C@H](C[C@@H]2CCO[C@@]3(C[C@H](C)CC[C@H]3C(C)C)O2)O1. The summed E-state index contributed by atoms with van der Waals surface area (Å²) in [5.41, 5.74) is 0. The monoisotopic (exact) mass is 458 g/mol. The van der Waals surface area contributed by atoms with Crippen LogP contribution in [-0.2, 0) is 23.2 Å². The molecule has 0 aromatic rings. The quantitative estimate of drug-likeness (QED) is 0.385. The molecule has 3 rings (SSSR count). The highest BCUT2D eigenvalue weighted by Gasteiger charge is 2.50. The molecule has 0 radical (unpaired) electrons. The van der Waals surface area contributed by atoms with Crippen LogP contribution in [0.15, 0.2) is 0 Å². The van der Waals surface area contributed by atoms with Crippen LogP contribution in [0.2, 0.25) is 0 Å². The first-order chi connectivity index (χ1) is 15.3. The molecule has 1 N–H and O–H groups in total. The summed E-state index contributed by atoms with van der Waals surface area (Å²) in [5, 5.41) is 9.18. The summed E-state index contributed by atoms with van der Waals surface area (Å²) in [6, 6.07) is 0. The third kappa shape index (κ3) is 7.10. The molecule has 2 heterocycles. The highest BCUT2D eigenvalue weighted by atomic mass is 32.2. The minimum atomic E-state index is -0.879. The number of carboxylic acids is 1. The van der Waals surface area contributed by atoms with Crippen LogP contribution in [0.4, 0.5) is 0 Å². The molecule has 0 aromatic carbocycles. The van der Waals surface area contributed by atoms with Gasteiger partial charge in [0, 0.05) is 18.8 Å². The number of hydrogen-bond acceptors (Lipinski definition) is 6. The normalized spacial score (nSPS) is 38.1. The van der Waals surface area contributed by atoms with Gasteiger partial charge in [-0.15, -0.1) is 0 Å². The van der Waals surface area contributed by atoms with E-state index in [0.717, 1.165) is 63.4 Å². The molecule has 1 spiro atoms. The Morgan fingerprint density at radius 1 is 1.26 bits per heavy atom. The fourth-order valence-electron chi connectivity index (χ4n) is 5.83. The number of hydrogen-bond donors (Lipinski definition) is 1. The second-order valence-corrected chi connectivity index (χ2v) is 10.6. The Morgan fingerprint density at radius 2 is 2.06 bits per heavy atom. The van der Waals surface area contributed by atoms with Crippen LogP contribution >= 0.6 is 11.9 Å². The lowest BCUT2D eigenvalue weighted by molar-refractivity contribution is -0.342. The summed E-state index contributed by atoms with van der Waals surface area (Å²) in [4.78, 5) is 11.2. The molecule has 6 nitrogen and oxygen atoms in total. The maximum Gasteiger partial charge on any atom is 0.306 e. The Balaban J connectivity index is 1.56. The van der Waals surface area contributed by atoms with Crippen molar-refractivity contribution >= 4 is 25.0 Å². The first kappa shape index (κ1) is 23.9. The van der Waals surface area contributed by atoms with Gasteiger partial charge < -0.3 is 23.5 Å². The smallest absolute Gasteiger partial charge is 0.306 e. The van der Waals surface area contributed by atoms with E-state index in [1.165, 1.54) is 6.42 Å². The molecule has 178 valence electrons. The summed E-state index contributed by atoms with van der Waals surface area (Å²) in [7, 11) is 0.0586. The van der Waals surface area contributed by atoms with Crippen LogP contribution in [-0.4, -0.2) is 56.3 Å². The second kappa shape index (κ2) is 11.7. The second-order valence-electron chi connectivity index (χ2n) is 10.1. The zero-order valence-corrected chi connectivity index (χ0v) is 20.2. The number of aliphatic carboxylic acids is 1. The first-order valence-corrected chi connectivity index (χ1v) is 13.0. The van der Waals surface area contributed by atoms with Crippen molar-refractivity contribution in [2.24, 2.45) is 17.8 Å². The Labute approximate surface area is 194 Å². The number of carboxylic acid groups (broad SMARTS) is 1. The minimum Gasteiger partial charge on any atom is -0.481 e. The van der Waals surface area contributed by atoms with Gasteiger partial charge in [-0.1, -0.05) is 39.1 Å². The average molecular weight is 458 g/mol. The summed E-state index contributed by atoms with van der Waals surface area (Å²) in [6.07, 6.45) is 8.49. The zero-order valence-electron chi connectivity index (χ0n) is 20.4. The van der Waals surface area contributed by atoms with E-state index in [1.54, 1.807) is 0 Å². The fourth-order valence-corrected chi connectivity index (χ4v) is 6.17. The molecule has 0 amide bonds. The zero-order chi connectivity index (χ0) is 23.1. The van der Waals surface area contributed by atoms with Crippen molar-refractivity contribution in [2.75, 3.05) is 6.61 Å². The average Bonchev–Trinajstić information content (AvgIpc) is 2.71. The maximum absolute atomic E-state index is 11.2. The van der Waals surface area contributed by atoms with E-state index in [-0.39, 0.29) is 31.8 Å². The van der Waals surface area contributed by atoms with Gasteiger partial charge >= 0.3 is 5.97 Å². The Kier molecular flexibility index (Phi) is 9.03. The third-order valence-electron chi connectivity index (χ3n) is 7.22. The summed E-state index contributed by atoms with van der Waals surface area (Å²) < 4.78 is 32.3. The number of carbonyl (C=O) groups is 1. The summed E-state index contributed by atoms with van der Waals surface area (Å²) >= 11 is 1.00. The molecule has 3 aliphatic rings. The van der Waals surface area contributed by atoms with Crippen LogP contribution in [0, 0.1) is 17.8 Å². The molecule has 1 saturated carbocycles. The molecule has 3 fully saturated rings. The fraction of sp³-hybridized carbons (Fsp3) is 0.957. The molecule has 7 atom stereocenters. The predicted molar refractivity (Wildman–Crippen MR) is 125 cm³/mol. The van der Waals surface area contributed by atoms with Crippen molar-refractivity contribution in [1.29, 1.82) is 1.34 Å². The van der Waals surface area contributed by atoms with Crippen molar-refractivity contribution in [3.8, 4) is 0 Å². The van der Waals surface area contributed by atoms with Crippen molar-refractivity contribution in [3.63, 3.8) is 0 Å². The van der Waals surface area contributed by atoms with Gasteiger partial charge in [-0.25, -0.2) is 0 Å². The van der Waals surface area contributed by atoms with E-state index in [2.05, 4.69) is 20.8 Å². The van der Waals surface area contributed by atoms with E-state index in [4.69, 9.17) is 19.7 Å². The highest BCUT2D eigenvalue weighted by molar-refractivity contribution is 8.15. The Bertz CT molecular complexity index is 599. The molecule has 31 heavy (non-hydrogen) atoms. The van der Waals surface area contributed by atoms with E-state index >= 15 is 0 Å². The van der Waals surface area contributed by atoms with E-state index in [0.29, 0.717) is 24.2 Å². The summed E-state index contributed by atoms with van der Waals surface area (Å²) in [6.45, 7) is 7.61. The van der Waals surface area contributed by atoms with Gasteiger partial charge in [0.2, 0.25) is 7.09 Å². The van der Waals surface area contributed by atoms with E-state index in [1.807, 2.05) is 0 Å². The molecular formula is C23H41BO6S. The van der Waals surface area contributed by atoms with Crippen LogP contribution < -0.4 is 0 Å². The molecule has 8 heteroatoms. The van der Waals surface area contributed by atoms with Crippen LogP contribution in [0.25, 0.3) is 0 Å². The van der Waals surface area contributed by atoms with Gasteiger partial charge in [0.1, 0.15) is 0 Å². The molecule has 2 saturated heterocycles. The minimum absolute atomic E-state index is 0.00338. The highest BCUT2D eigenvalue weighted by Crippen LogP contribution is 2.47. The topological polar surface area (TPSA) is 74.2 Å². The van der Waals surface area contributed by atoms with Gasteiger partial charge in [-0.2, -0.15) is 0 Å². The van der Waals surface area contributed by atoms with Crippen LogP contribution in [0.1, 0.15) is 85.0 Å². The molecule has 0 aromatic heterocycles. The maximum atomic E-state index is 11.2. The van der Waals surface area contributed by atoms with Gasteiger partial charge in [0.15, 0.2) is 5.79 Å². The third-order valence-corrected chi connectivity index (χ3v) is 7.63. The van der Waals surface area contributed by atoms with E-state index < -0.39 is 17.9 Å². The van der Waals surface area contributed by atoms with Crippen molar-refractivity contribution in [2.45, 2.75) is 115 Å². The van der Waals surface area contributed by atoms with Crippen molar-refractivity contribution in [1.82, 2.24) is 0 Å².